The summed E-state index contributed by atoms with van der Waals surface area (Å²) in [5.74, 6) is 0.813. The molecule has 2 aromatic rings. The van der Waals surface area contributed by atoms with E-state index in [0.717, 1.165) is 17.0 Å². The van der Waals surface area contributed by atoms with E-state index in [0.29, 0.717) is 11.4 Å². The van der Waals surface area contributed by atoms with E-state index in [1.165, 1.54) is 0 Å². The molecule has 0 saturated carbocycles. The van der Waals surface area contributed by atoms with Gasteiger partial charge >= 0.3 is 0 Å². The van der Waals surface area contributed by atoms with Crippen LogP contribution in [0.2, 0.25) is 0 Å². The Balaban J connectivity index is 2.52. The number of benzene rings is 1. The first-order valence-corrected chi connectivity index (χ1v) is 6.43. The van der Waals surface area contributed by atoms with Crippen LogP contribution in [0.1, 0.15) is 37.7 Å². The lowest BCUT2D eigenvalue weighted by Gasteiger charge is -2.19. The van der Waals surface area contributed by atoms with Crippen LogP contribution in [0.3, 0.4) is 0 Å². The quantitative estimate of drug-likeness (QED) is 0.845. The van der Waals surface area contributed by atoms with Gasteiger partial charge < -0.3 is 5.11 Å². The fourth-order valence-corrected chi connectivity index (χ4v) is 2.03. The van der Waals surface area contributed by atoms with Crippen LogP contribution in [0.5, 0.6) is 5.75 Å². The van der Waals surface area contributed by atoms with Gasteiger partial charge in [0.25, 0.3) is 0 Å². The Bertz CT molecular complexity index is 592. The highest BCUT2D eigenvalue weighted by molar-refractivity contribution is 5.64. The third-order valence-electron chi connectivity index (χ3n) is 3.09. The molecule has 3 heteroatoms. The maximum absolute atomic E-state index is 10.2. The van der Waals surface area contributed by atoms with Crippen LogP contribution >= 0.6 is 0 Å². The zero-order chi connectivity index (χ0) is 14.2. The van der Waals surface area contributed by atoms with Crippen molar-refractivity contribution in [3.63, 3.8) is 0 Å². The van der Waals surface area contributed by atoms with Gasteiger partial charge in [0.1, 0.15) is 5.75 Å². The Morgan fingerprint density at radius 3 is 2.00 bits per heavy atom. The van der Waals surface area contributed by atoms with Gasteiger partial charge in [-0.3, -0.25) is 0 Å². The smallest absolute Gasteiger partial charge is 0.163 e. The van der Waals surface area contributed by atoms with Crippen LogP contribution < -0.4 is 0 Å². The van der Waals surface area contributed by atoms with E-state index in [2.05, 4.69) is 30.7 Å². The number of hydrogen-bond donors (Lipinski definition) is 1. The summed E-state index contributed by atoms with van der Waals surface area (Å²) in [6, 6.07) is 7.64. The molecule has 2 rings (SSSR count). The lowest BCUT2D eigenvalue weighted by atomic mass is 9.86. The third kappa shape index (κ3) is 2.92. The molecule has 0 radical (unpaired) electrons. The number of aryl methyl sites for hydroxylation is 2. The van der Waals surface area contributed by atoms with E-state index in [-0.39, 0.29) is 11.2 Å². The summed E-state index contributed by atoms with van der Waals surface area (Å²) in [6.07, 6.45) is 0. The second kappa shape index (κ2) is 4.65. The standard InChI is InChI=1S/C16H20N2O/c1-10-8-11(2)18-15(17-10)13-7-6-12(9-14(13)19)16(3,4)5/h6-9,19H,1-5H3. The van der Waals surface area contributed by atoms with Crippen molar-refractivity contribution >= 4 is 0 Å². The summed E-state index contributed by atoms with van der Waals surface area (Å²) >= 11 is 0. The van der Waals surface area contributed by atoms with Crippen LogP contribution in [0.15, 0.2) is 24.3 Å². The van der Waals surface area contributed by atoms with Crippen molar-refractivity contribution in [1.82, 2.24) is 9.97 Å². The molecular weight excluding hydrogens is 236 g/mol. The Kier molecular flexibility index (Phi) is 3.31. The van der Waals surface area contributed by atoms with E-state index >= 15 is 0 Å². The SMILES string of the molecule is Cc1cc(C)nc(-c2ccc(C(C)(C)C)cc2O)n1. The van der Waals surface area contributed by atoms with Crippen LogP contribution in [-0.2, 0) is 5.41 Å². The molecule has 0 bridgehead atoms. The lowest BCUT2D eigenvalue weighted by Crippen LogP contribution is -2.10. The number of aromatic hydroxyl groups is 1. The van der Waals surface area contributed by atoms with E-state index in [9.17, 15) is 5.11 Å². The third-order valence-corrected chi connectivity index (χ3v) is 3.09. The number of rotatable bonds is 1. The van der Waals surface area contributed by atoms with Crippen LogP contribution in [0.4, 0.5) is 0 Å². The summed E-state index contributed by atoms with van der Waals surface area (Å²) in [4.78, 5) is 8.77. The maximum atomic E-state index is 10.2. The van der Waals surface area contributed by atoms with Gasteiger partial charge in [0, 0.05) is 11.4 Å². The molecule has 1 N–H and O–H groups in total. The Morgan fingerprint density at radius 1 is 0.947 bits per heavy atom. The summed E-state index contributed by atoms with van der Waals surface area (Å²) in [7, 11) is 0. The zero-order valence-electron chi connectivity index (χ0n) is 12.2. The van der Waals surface area contributed by atoms with Gasteiger partial charge in [-0.2, -0.15) is 0 Å². The Morgan fingerprint density at radius 2 is 1.53 bits per heavy atom. The van der Waals surface area contributed by atoms with Crippen molar-refractivity contribution in [2.75, 3.05) is 0 Å². The van der Waals surface area contributed by atoms with Crippen LogP contribution in [0.25, 0.3) is 11.4 Å². The monoisotopic (exact) mass is 256 g/mol. The second-order valence-corrected chi connectivity index (χ2v) is 5.96. The normalized spacial score (nSPS) is 11.6. The zero-order valence-corrected chi connectivity index (χ0v) is 12.2. The maximum Gasteiger partial charge on any atom is 0.163 e. The van der Waals surface area contributed by atoms with Gasteiger partial charge in [-0.15, -0.1) is 0 Å². The summed E-state index contributed by atoms with van der Waals surface area (Å²) in [5, 5.41) is 10.2. The minimum absolute atomic E-state index is 0.0133. The highest BCUT2D eigenvalue weighted by atomic mass is 16.3. The first kappa shape index (κ1) is 13.5. The molecule has 0 aliphatic rings. The number of phenols is 1. The van der Waals surface area contributed by atoms with Crippen molar-refractivity contribution in [3.05, 3.63) is 41.2 Å². The molecule has 100 valence electrons. The minimum atomic E-state index is 0.0133. The van der Waals surface area contributed by atoms with Crippen molar-refractivity contribution in [1.29, 1.82) is 0 Å². The predicted octanol–water partition coefficient (Wildman–Crippen LogP) is 3.76. The second-order valence-electron chi connectivity index (χ2n) is 5.96. The number of phenolic OH excluding ortho intramolecular Hbond substituents is 1. The van der Waals surface area contributed by atoms with E-state index in [1.54, 1.807) is 6.07 Å². The summed E-state index contributed by atoms with van der Waals surface area (Å²) < 4.78 is 0. The highest BCUT2D eigenvalue weighted by Gasteiger charge is 2.16. The highest BCUT2D eigenvalue weighted by Crippen LogP contribution is 2.32. The topological polar surface area (TPSA) is 46.0 Å². The minimum Gasteiger partial charge on any atom is -0.507 e. The van der Waals surface area contributed by atoms with Gasteiger partial charge in [-0.05, 0) is 43.0 Å². The van der Waals surface area contributed by atoms with Crippen molar-refractivity contribution in [2.24, 2.45) is 0 Å². The fourth-order valence-electron chi connectivity index (χ4n) is 2.03. The first-order valence-electron chi connectivity index (χ1n) is 6.43. The lowest BCUT2D eigenvalue weighted by molar-refractivity contribution is 0.472. The molecule has 0 saturated heterocycles. The van der Waals surface area contributed by atoms with Gasteiger partial charge in [0.2, 0.25) is 0 Å². The molecule has 0 aliphatic heterocycles. The summed E-state index contributed by atoms with van der Waals surface area (Å²) in [6.45, 7) is 10.2. The van der Waals surface area contributed by atoms with Gasteiger partial charge in [0.05, 0.1) is 5.56 Å². The van der Waals surface area contributed by atoms with E-state index in [4.69, 9.17) is 0 Å². The number of aromatic nitrogens is 2. The predicted molar refractivity (Wildman–Crippen MR) is 77.3 cm³/mol. The van der Waals surface area contributed by atoms with Crippen molar-refractivity contribution < 1.29 is 5.11 Å². The Hall–Kier alpha value is -1.90. The number of hydrogen-bond acceptors (Lipinski definition) is 3. The molecule has 0 unspecified atom stereocenters. The molecule has 3 nitrogen and oxygen atoms in total. The van der Waals surface area contributed by atoms with E-state index in [1.807, 2.05) is 32.0 Å². The molecule has 0 aliphatic carbocycles. The molecular formula is C16H20N2O. The Labute approximate surface area is 114 Å². The largest absolute Gasteiger partial charge is 0.507 e. The van der Waals surface area contributed by atoms with Crippen LogP contribution in [-0.4, -0.2) is 15.1 Å². The van der Waals surface area contributed by atoms with Gasteiger partial charge in [-0.1, -0.05) is 26.8 Å². The van der Waals surface area contributed by atoms with Gasteiger partial charge in [-0.25, -0.2) is 9.97 Å². The molecule has 0 atom stereocenters. The fraction of sp³-hybridized carbons (Fsp3) is 0.375. The van der Waals surface area contributed by atoms with Crippen molar-refractivity contribution in [3.8, 4) is 17.1 Å². The molecule has 0 amide bonds. The first-order chi connectivity index (χ1) is 8.77. The molecule has 1 aromatic heterocycles. The van der Waals surface area contributed by atoms with E-state index < -0.39 is 0 Å². The molecule has 19 heavy (non-hydrogen) atoms. The molecule has 1 aromatic carbocycles. The summed E-state index contributed by atoms with van der Waals surface area (Å²) in [5.41, 5.74) is 3.60. The number of nitrogens with zero attached hydrogens (tertiary/aromatic N) is 2. The average Bonchev–Trinajstić information content (AvgIpc) is 2.26. The van der Waals surface area contributed by atoms with Gasteiger partial charge in [0.15, 0.2) is 5.82 Å². The molecule has 1 heterocycles. The van der Waals surface area contributed by atoms with Crippen LogP contribution in [0, 0.1) is 13.8 Å². The molecule has 0 spiro atoms. The van der Waals surface area contributed by atoms with Crippen molar-refractivity contribution in [2.45, 2.75) is 40.0 Å². The molecule has 0 fully saturated rings. The average molecular weight is 256 g/mol.